The summed E-state index contributed by atoms with van der Waals surface area (Å²) in [7, 11) is 0. The van der Waals surface area contributed by atoms with Crippen LogP contribution < -0.4 is 9.47 Å². The van der Waals surface area contributed by atoms with Crippen molar-refractivity contribution in [1.82, 2.24) is 4.98 Å². The molecule has 2 aromatic carbocycles. The van der Waals surface area contributed by atoms with Gasteiger partial charge in [-0.3, -0.25) is 9.78 Å². The fourth-order valence-electron chi connectivity index (χ4n) is 2.87. The van der Waals surface area contributed by atoms with Crippen LogP contribution in [0.3, 0.4) is 0 Å². The Morgan fingerprint density at radius 1 is 1.18 bits per heavy atom. The van der Waals surface area contributed by atoms with E-state index in [0.29, 0.717) is 28.2 Å². The summed E-state index contributed by atoms with van der Waals surface area (Å²) >= 11 is 3.41. The molecule has 0 spiro atoms. The molecule has 0 amide bonds. The Morgan fingerprint density at radius 3 is 2.79 bits per heavy atom. The molecule has 1 aliphatic heterocycles. The van der Waals surface area contributed by atoms with E-state index in [9.17, 15) is 9.59 Å². The maximum Gasteiger partial charge on any atom is 0.345 e. The molecule has 4 rings (SSSR count). The maximum atomic E-state index is 12.7. The number of ketones is 1. The Bertz CT molecular complexity index is 1120. The standard InChI is InChI=1S/C22H14BrNO4/c1-13-18(28-22(26)15-5-3-9-24-12-15)8-7-17-20(25)19(27-21(13)17)11-14-4-2-6-16(23)10-14/h2-12H,1H3/b19-11-. The van der Waals surface area contributed by atoms with Gasteiger partial charge in [0.05, 0.1) is 11.1 Å². The van der Waals surface area contributed by atoms with Crippen LogP contribution in [0.2, 0.25) is 0 Å². The van der Waals surface area contributed by atoms with E-state index in [1.54, 1.807) is 43.5 Å². The number of nitrogens with zero attached hydrogens (tertiary/aromatic N) is 1. The van der Waals surface area contributed by atoms with Crippen molar-refractivity contribution in [3.8, 4) is 11.5 Å². The van der Waals surface area contributed by atoms with Crippen LogP contribution in [-0.2, 0) is 0 Å². The number of carbonyl (C=O) groups excluding carboxylic acids is 2. The number of aromatic nitrogens is 1. The number of allylic oxidation sites excluding steroid dienone is 1. The molecule has 0 bridgehead atoms. The normalized spacial score (nSPS) is 13.9. The molecule has 1 aliphatic rings. The average molecular weight is 436 g/mol. The zero-order valence-electron chi connectivity index (χ0n) is 14.8. The summed E-state index contributed by atoms with van der Waals surface area (Å²) in [4.78, 5) is 28.9. The van der Waals surface area contributed by atoms with Crippen molar-refractivity contribution in [3.05, 3.63) is 93.4 Å². The molecule has 0 radical (unpaired) electrons. The molecular formula is C22H14BrNO4. The van der Waals surface area contributed by atoms with Crippen molar-refractivity contribution in [2.75, 3.05) is 0 Å². The third kappa shape index (κ3) is 3.46. The number of hydrogen-bond acceptors (Lipinski definition) is 5. The van der Waals surface area contributed by atoms with E-state index in [4.69, 9.17) is 9.47 Å². The van der Waals surface area contributed by atoms with E-state index in [-0.39, 0.29) is 11.5 Å². The van der Waals surface area contributed by atoms with Gasteiger partial charge in [0.25, 0.3) is 0 Å². The van der Waals surface area contributed by atoms with E-state index in [0.717, 1.165) is 10.0 Å². The van der Waals surface area contributed by atoms with E-state index >= 15 is 0 Å². The van der Waals surface area contributed by atoms with Gasteiger partial charge in [0.1, 0.15) is 11.5 Å². The molecule has 0 aliphatic carbocycles. The van der Waals surface area contributed by atoms with Gasteiger partial charge in [-0.15, -0.1) is 0 Å². The van der Waals surface area contributed by atoms with Crippen LogP contribution in [0.5, 0.6) is 11.5 Å². The first-order valence-corrected chi connectivity index (χ1v) is 9.28. The van der Waals surface area contributed by atoms with Gasteiger partial charge in [-0.25, -0.2) is 4.79 Å². The topological polar surface area (TPSA) is 65.5 Å². The number of hydrogen-bond donors (Lipinski definition) is 0. The smallest absolute Gasteiger partial charge is 0.345 e. The molecule has 0 saturated heterocycles. The summed E-state index contributed by atoms with van der Waals surface area (Å²) in [5.41, 5.74) is 2.21. The fraction of sp³-hybridized carbons (Fsp3) is 0.0455. The summed E-state index contributed by atoms with van der Waals surface area (Å²) in [5, 5.41) is 0. The highest BCUT2D eigenvalue weighted by Crippen LogP contribution is 2.39. The van der Waals surface area contributed by atoms with Crippen molar-refractivity contribution >= 4 is 33.8 Å². The van der Waals surface area contributed by atoms with E-state index in [2.05, 4.69) is 20.9 Å². The summed E-state index contributed by atoms with van der Waals surface area (Å²) in [5.74, 6) is 0.243. The molecule has 1 aromatic heterocycles. The van der Waals surface area contributed by atoms with Crippen LogP contribution in [0.15, 0.2) is 71.2 Å². The molecular weight excluding hydrogens is 422 g/mol. The lowest BCUT2D eigenvalue weighted by Crippen LogP contribution is -2.09. The quantitative estimate of drug-likeness (QED) is 0.329. The molecule has 3 aromatic rings. The van der Waals surface area contributed by atoms with Gasteiger partial charge in [0.15, 0.2) is 5.76 Å². The van der Waals surface area contributed by atoms with Crippen LogP contribution in [0.4, 0.5) is 0 Å². The first kappa shape index (κ1) is 18.1. The number of halogens is 1. The zero-order chi connectivity index (χ0) is 19.7. The molecule has 138 valence electrons. The largest absolute Gasteiger partial charge is 0.452 e. The SMILES string of the molecule is Cc1c(OC(=O)c2cccnc2)ccc2c1O/C(=C\c1cccc(Br)c1)C2=O. The molecule has 0 N–H and O–H groups in total. The first-order valence-electron chi connectivity index (χ1n) is 8.48. The number of fused-ring (bicyclic) bond motifs is 1. The Balaban J connectivity index is 1.63. The number of benzene rings is 2. The van der Waals surface area contributed by atoms with E-state index in [1.165, 1.54) is 6.20 Å². The van der Waals surface area contributed by atoms with Crippen LogP contribution >= 0.6 is 15.9 Å². The summed E-state index contributed by atoms with van der Waals surface area (Å²) in [6.45, 7) is 1.75. The second-order valence-electron chi connectivity index (χ2n) is 6.19. The van der Waals surface area contributed by atoms with Crippen LogP contribution in [0, 0.1) is 6.92 Å². The molecule has 5 nitrogen and oxygen atoms in total. The molecule has 2 heterocycles. The van der Waals surface area contributed by atoms with Crippen molar-refractivity contribution in [1.29, 1.82) is 0 Å². The van der Waals surface area contributed by atoms with Gasteiger partial charge in [-0.05, 0) is 55.0 Å². The third-order valence-corrected chi connectivity index (χ3v) is 4.78. The van der Waals surface area contributed by atoms with Crippen LogP contribution in [0.1, 0.15) is 31.8 Å². The predicted molar refractivity (Wildman–Crippen MR) is 107 cm³/mol. The Kier molecular flexibility index (Phi) is 4.79. The fourth-order valence-corrected chi connectivity index (χ4v) is 3.29. The minimum absolute atomic E-state index is 0.205. The summed E-state index contributed by atoms with van der Waals surface area (Å²) in [6.07, 6.45) is 4.70. The summed E-state index contributed by atoms with van der Waals surface area (Å²) in [6, 6.07) is 14.0. The van der Waals surface area contributed by atoms with Gasteiger partial charge in [-0.1, -0.05) is 28.1 Å². The monoisotopic (exact) mass is 435 g/mol. The molecule has 0 atom stereocenters. The molecule has 0 fully saturated rings. The highest BCUT2D eigenvalue weighted by atomic mass is 79.9. The predicted octanol–water partition coefficient (Wildman–Crippen LogP) is 4.99. The maximum absolute atomic E-state index is 12.7. The van der Waals surface area contributed by atoms with Gasteiger partial charge < -0.3 is 9.47 Å². The van der Waals surface area contributed by atoms with Crippen molar-refractivity contribution < 1.29 is 19.1 Å². The zero-order valence-corrected chi connectivity index (χ0v) is 16.4. The number of esters is 1. The third-order valence-electron chi connectivity index (χ3n) is 4.28. The van der Waals surface area contributed by atoms with Crippen LogP contribution in [-0.4, -0.2) is 16.7 Å². The summed E-state index contributed by atoms with van der Waals surface area (Å²) < 4.78 is 12.2. The van der Waals surface area contributed by atoms with Crippen molar-refractivity contribution in [3.63, 3.8) is 0 Å². The van der Waals surface area contributed by atoms with Crippen LogP contribution in [0.25, 0.3) is 6.08 Å². The van der Waals surface area contributed by atoms with Gasteiger partial charge in [0, 0.05) is 22.4 Å². The lowest BCUT2D eigenvalue weighted by atomic mass is 10.1. The van der Waals surface area contributed by atoms with Gasteiger partial charge >= 0.3 is 5.97 Å². The Hall–Kier alpha value is -3.25. The molecule has 28 heavy (non-hydrogen) atoms. The average Bonchev–Trinajstić information content (AvgIpc) is 3.01. The number of pyridine rings is 1. The number of Topliss-reactive ketones (excluding diaryl/α,β-unsaturated/α-hetero) is 1. The Morgan fingerprint density at radius 2 is 2.04 bits per heavy atom. The van der Waals surface area contributed by atoms with E-state index < -0.39 is 5.97 Å². The van der Waals surface area contributed by atoms with Crippen molar-refractivity contribution in [2.45, 2.75) is 6.92 Å². The molecule has 6 heteroatoms. The second kappa shape index (κ2) is 7.40. The van der Waals surface area contributed by atoms with E-state index in [1.807, 2.05) is 24.3 Å². The number of carbonyl (C=O) groups is 2. The van der Waals surface area contributed by atoms with Crippen molar-refractivity contribution in [2.24, 2.45) is 0 Å². The highest BCUT2D eigenvalue weighted by Gasteiger charge is 2.30. The lowest BCUT2D eigenvalue weighted by Gasteiger charge is -2.10. The highest BCUT2D eigenvalue weighted by molar-refractivity contribution is 9.10. The first-order chi connectivity index (χ1) is 13.5. The van der Waals surface area contributed by atoms with Gasteiger partial charge in [0.2, 0.25) is 5.78 Å². The minimum atomic E-state index is -0.523. The number of ether oxygens (including phenoxy) is 2. The Labute approximate surface area is 169 Å². The number of rotatable bonds is 3. The second-order valence-corrected chi connectivity index (χ2v) is 7.11. The molecule has 0 unspecified atom stereocenters. The van der Waals surface area contributed by atoms with Gasteiger partial charge in [-0.2, -0.15) is 0 Å². The minimum Gasteiger partial charge on any atom is -0.452 e. The molecule has 0 saturated carbocycles. The lowest BCUT2D eigenvalue weighted by molar-refractivity contribution is 0.0732.